The van der Waals surface area contributed by atoms with Gasteiger partial charge in [0.2, 0.25) is 17.7 Å². The Kier molecular flexibility index (Phi) is 11.9. The van der Waals surface area contributed by atoms with Gasteiger partial charge in [-0.05, 0) is 18.3 Å². The molecule has 0 fully saturated rings. The molecule has 1 aromatic rings. The van der Waals surface area contributed by atoms with Gasteiger partial charge < -0.3 is 36.9 Å². The number of rotatable bonds is 15. The number of amides is 3. The monoisotopic (exact) mass is 496 g/mol. The van der Waals surface area contributed by atoms with Gasteiger partial charge in [0.15, 0.2) is 0 Å². The summed E-state index contributed by atoms with van der Waals surface area (Å²) in [6.07, 6.45) is 2.78. The fourth-order valence-electron chi connectivity index (χ4n) is 3.18. The number of nitrogens with one attached hydrogen (secondary N) is 4. The number of aromatic nitrogens is 2. The molecule has 8 N–H and O–H groups in total. The number of aliphatic carboxylic acids is 2. The summed E-state index contributed by atoms with van der Waals surface area (Å²) in [6, 6.07) is -4.60. The van der Waals surface area contributed by atoms with E-state index in [0.717, 1.165) is 0 Å². The lowest BCUT2D eigenvalue weighted by Crippen LogP contribution is -2.58. The first-order chi connectivity index (χ1) is 16.4. The highest BCUT2D eigenvalue weighted by atomic mass is 16.4. The first-order valence-electron chi connectivity index (χ1n) is 11.5. The number of nitrogens with zero attached hydrogens (tertiary/aromatic N) is 1. The molecule has 0 radical (unpaired) electrons. The molecule has 13 heteroatoms. The number of carboxylic acids is 2. The molecule has 0 saturated heterocycles. The van der Waals surface area contributed by atoms with Gasteiger partial charge in [0.05, 0.1) is 12.4 Å². The minimum Gasteiger partial charge on any atom is -0.481 e. The van der Waals surface area contributed by atoms with Crippen LogP contribution in [0.5, 0.6) is 0 Å². The summed E-state index contributed by atoms with van der Waals surface area (Å²) in [5, 5.41) is 25.8. The molecule has 3 amide bonds. The van der Waals surface area contributed by atoms with Gasteiger partial charge in [0.25, 0.3) is 0 Å². The summed E-state index contributed by atoms with van der Waals surface area (Å²) in [4.78, 5) is 67.9. The molecule has 0 aliphatic rings. The Hall–Kier alpha value is -3.48. The lowest BCUT2D eigenvalue weighted by molar-refractivity contribution is -0.144. The first-order valence-corrected chi connectivity index (χ1v) is 11.5. The highest BCUT2D eigenvalue weighted by Crippen LogP contribution is 2.09. The third-order valence-electron chi connectivity index (χ3n) is 5.68. The molecular formula is C22H36N6O7. The number of carboxylic acid groups (broad SMARTS) is 2. The van der Waals surface area contributed by atoms with Gasteiger partial charge in [-0.2, -0.15) is 0 Å². The number of aromatic amines is 1. The van der Waals surface area contributed by atoms with Crippen molar-refractivity contribution in [1.29, 1.82) is 0 Å². The van der Waals surface area contributed by atoms with Crippen molar-refractivity contribution in [1.82, 2.24) is 25.9 Å². The van der Waals surface area contributed by atoms with Crippen molar-refractivity contribution in [3.63, 3.8) is 0 Å². The minimum absolute atomic E-state index is 0.00180. The van der Waals surface area contributed by atoms with E-state index in [0.29, 0.717) is 12.1 Å². The van der Waals surface area contributed by atoms with Gasteiger partial charge in [-0.3, -0.25) is 19.2 Å². The third-order valence-corrected chi connectivity index (χ3v) is 5.68. The predicted molar refractivity (Wildman–Crippen MR) is 125 cm³/mol. The Morgan fingerprint density at radius 2 is 1.60 bits per heavy atom. The Labute approximate surface area is 203 Å². The molecule has 1 heterocycles. The van der Waals surface area contributed by atoms with Crippen molar-refractivity contribution in [2.75, 3.05) is 0 Å². The van der Waals surface area contributed by atoms with Crippen LogP contribution in [0.1, 0.15) is 52.7 Å². The average Bonchev–Trinajstić information content (AvgIpc) is 3.30. The third kappa shape index (κ3) is 9.73. The van der Waals surface area contributed by atoms with Crippen LogP contribution in [0, 0.1) is 11.8 Å². The van der Waals surface area contributed by atoms with Gasteiger partial charge >= 0.3 is 11.9 Å². The Morgan fingerprint density at radius 3 is 2.09 bits per heavy atom. The van der Waals surface area contributed by atoms with E-state index in [1.54, 1.807) is 20.8 Å². The van der Waals surface area contributed by atoms with Crippen LogP contribution in [0.25, 0.3) is 0 Å². The van der Waals surface area contributed by atoms with Crippen LogP contribution >= 0.6 is 0 Å². The van der Waals surface area contributed by atoms with Gasteiger partial charge in [0.1, 0.15) is 18.1 Å². The summed E-state index contributed by atoms with van der Waals surface area (Å²) in [6.45, 7) is 6.87. The summed E-state index contributed by atoms with van der Waals surface area (Å²) in [5.41, 5.74) is 6.51. The van der Waals surface area contributed by atoms with Crippen molar-refractivity contribution < 1.29 is 34.2 Å². The molecule has 0 saturated carbocycles. The highest BCUT2D eigenvalue weighted by Gasteiger charge is 2.32. The van der Waals surface area contributed by atoms with E-state index in [2.05, 4.69) is 25.9 Å². The lowest BCUT2D eigenvalue weighted by atomic mass is 9.98. The number of nitrogens with two attached hydrogens (primary N) is 1. The van der Waals surface area contributed by atoms with Gasteiger partial charge in [-0.1, -0.05) is 34.1 Å². The summed E-state index contributed by atoms with van der Waals surface area (Å²) < 4.78 is 0. The largest absolute Gasteiger partial charge is 0.481 e. The van der Waals surface area contributed by atoms with E-state index in [-0.39, 0.29) is 18.8 Å². The SMILES string of the molecule is CCC(C)C(N)C(=O)NC(Cc1cnc[nH]1)C(=O)NC(CCC(=O)O)C(=O)NC(C(=O)O)C(C)C. The molecule has 0 aromatic carbocycles. The second kappa shape index (κ2) is 14.0. The van der Waals surface area contributed by atoms with Crippen LogP contribution in [0.2, 0.25) is 0 Å². The zero-order valence-corrected chi connectivity index (χ0v) is 20.4. The first kappa shape index (κ1) is 29.6. The van der Waals surface area contributed by atoms with E-state index in [4.69, 9.17) is 10.8 Å². The maximum atomic E-state index is 13.1. The van der Waals surface area contributed by atoms with Crippen molar-refractivity contribution in [3.8, 4) is 0 Å². The molecule has 1 rings (SSSR count). The van der Waals surface area contributed by atoms with Gasteiger partial charge in [0, 0.05) is 24.7 Å². The number of carbonyl (C=O) groups is 5. The van der Waals surface area contributed by atoms with E-state index in [1.807, 2.05) is 6.92 Å². The van der Waals surface area contributed by atoms with Crippen LogP contribution in [0.15, 0.2) is 12.5 Å². The zero-order chi connectivity index (χ0) is 26.7. The van der Waals surface area contributed by atoms with Crippen LogP contribution < -0.4 is 21.7 Å². The molecule has 0 aliphatic carbocycles. The normalized spacial score (nSPS) is 15.4. The fourth-order valence-corrected chi connectivity index (χ4v) is 3.18. The smallest absolute Gasteiger partial charge is 0.326 e. The number of hydrogen-bond acceptors (Lipinski definition) is 7. The summed E-state index contributed by atoms with van der Waals surface area (Å²) in [7, 11) is 0. The molecule has 0 aliphatic heterocycles. The summed E-state index contributed by atoms with van der Waals surface area (Å²) in [5.74, 6) is -5.23. The maximum Gasteiger partial charge on any atom is 0.326 e. The summed E-state index contributed by atoms with van der Waals surface area (Å²) >= 11 is 0. The quantitative estimate of drug-likeness (QED) is 0.164. The topological polar surface area (TPSA) is 217 Å². The maximum absolute atomic E-state index is 13.1. The van der Waals surface area contributed by atoms with Crippen LogP contribution in [-0.2, 0) is 30.4 Å². The van der Waals surface area contributed by atoms with Crippen molar-refractivity contribution in [2.24, 2.45) is 17.6 Å². The Morgan fingerprint density at radius 1 is 1.00 bits per heavy atom. The highest BCUT2D eigenvalue weighted by molar-refractivity contribution is 5.94. The zero-order valence-electron chi connectivity index (χ0n) is 20.4. The van der Waals surface area contributed by atoms with Gasteiger partial charge in [-0.15, -0.1) is 0 Å². The van der Waals surface area contributed by atoms with E-state index < -0.39 is 66.2 Å². The second-order valence-electron chi connectivity index (χ2n) is 8.82. The minimum atomic E-state index is -1.34. The van der Waals surface area contributed by atoms with Crippen molar-refractivity contribution >= 4 is 29.7 Å². The Bertz CT molecular complexity index is 874. The molecule has 0 spiro atoms. The lowest BCUT2D eigenvalue weighted by Gasteiger charge is -2.26. The standard InChI is InChI=1S/C22H36N6O7/c1-5-12(4)17(23)21(33)27-15(8-13-9-24-10-25-13)20(32)26-14(6-7-16(29)30)19(31)28-18(11(2)3)22(34)35/h9-12,14-15,17-18H,5-8,23H2,1-4H3,(H,24,25)(H,26,32)(H,27,33)(H,28,31)(H,29,30)(H,34,35). The fraction of sp³-hybridized carbons (Fsp3) is 0.636. The van der Waals surface area contributed by atoms with E-state index >= 15 is 0 Å². The number of hydrogen-bond donors (Lipinski definition) is 7. The molecule has 196 valence electrons. The molecule has 5 unspecified atom stereocenters. The predicted octanol–water partition coefficient (Wildman–Crippen LogP) is -0.615. The van der Waals surface area contributed by atoms with E-state index in [9.17, 15) is 29.1 Å². The van der Waals surface area contributed by atoms with Crippen LogP contribution in [0.3, 0.4) is 0 Å². The number of carbonyl (C=O) groups excluding carboxylic acids is 3. The molecule has 5 atom stereocenters. The van der Waals surface area contributed by atoms with Gasteiger partial charge in [-0.25, -0.2) is 9.78 Å². The molecule has 1 aromatic heterocycles. The molecule has 0 bridgehead atoms. The number of H-pyrrole nitrogens is 1. The van der Waals surface area contributed by atoms with Crippen LogP contribution in [0.4, 0.5) is 0 Å². The van der Waals surface area contributed by atoms with E-state index in [1.165, 1.54) is 12.5 Å². The van der Waals surface area contributed by atoms with Crippen molar-refractivity contribution in [3.05, 3.63) is 18.2 Å². The molecular weight excluding hydrogens is 460 g/mol. The second-order valence-corrected chi connectivity index (χ2v) is 8.82. The van der Waals surface area contributed by atoms with Crippen molar-refractivity contribution in [2.45, 2.75) is 77.5 Å². The Balaban J connectivity index is 3.10. The number of imidazole rings is 1. The molecule has 13 nitrogen and oxygen atoms in total. The molecule has 35 heavy (non-hydrogen) atoms. The van der Waals surface area contributed by atoms with Crippen LogP contribution in [-0.4, -0.2) is 74.0 Å². The average molecular weight is 497 g/mol.